The molecule has 0 aliphatic rings. The summed E-state index contributed by atoms with van der Waals surface area (Å²) in [6.45, 7) is 6.48. The van der Waals surface area contributed by atoms with Crippen molar-refractivity contribution in [3.63, 3.8) is 0 Å². The predicted molar refractivity (Wildman–Crippen MR) is 76.7 cm³/mol. The maximum atomic E-state index is 6.16. The topological polar surface area (TPSA) is 43.8 Å². The second-order valence-electron chi connectivity index (χ2n) is 4.02. The average Bonchev–Trinajstić information content (AvgIpc) is 2.69. The van der Waals surface area contributed by atoms with Crippen LogP contribution in [-0.4, -0.2) is 9.55 Å². The maximum Gasteiger partial charge on any atom is 0.132 e. The van der Waals surface area contributed by atoms with Gasteiger partial charge in [-0.25, -0.2) is 4.98 Å². The highest BCUT2D eigenvalue weighted by Crippen LogP contribution is 2.27. The fourth-order valence-electron chi connectivity index (χ4n) is 1.94. The molecule has 1 aromatic carbocycles. The van der Waals surface area contributed by atoms with E-state index in [9.17, 15) is 0 Å². The van der Waals surface area contributed by atoms with E-state index < -0.39 is 0 Å². The molecule has 0 fully saturated rings. The van der Waals surface area contributed by atoms with E-state index in [-0.39, 0.29) is 0 Å². The minimum atomic E-state index is 0.675. The standard InChI is InChI=1S/C14H16ClN3/c1-3-9-18-12(4-2)17-13(14(18)16)10-5-7-11(15)8-6-10/h3,5-8H,1,4,9,16H2,2H3. The van der Waals surface area contributed by atoms with Crippen molar-refractivity contribution in [1.29, 1.82) is 0 Å². The molecule has 2 aromatic rings. The summed E-state index contributed by atoms with van der Waals surface area (Å²) in [4.78, 5) is 4.59. The van der Waals surface area contributed by atoms with Crippen molar-refractivity contribution in [2.75, 3.05) is 5.73 Å². The fourth-order valence-corrected chi connectivity index (χ4v) is 2.06. The minimum Gasteiger partial charge on any atom is -0.383 e. The molecule has 1 aromatic heterocycles. The molecule has 0 aliphatic heterocycles. The summed E-state index contributed by atoms with van der Waals surface area (Å²) in [5.74, 6) is 1.64. The van der Waals surface area contributed by atoms with E-state index in [1.165, 1.54) is 0 Å². The Hall–Kier alpha value is -1.74. The first-order valence-electron chi connectivity index (χ1n) is 5.89. The molecule has 94 valence electrons. The summed E-state index contributed by atoms with van der Waals surface area (Å²) in [7, 11) is 0. The zero-order valence-electron chi connectivity index (χ0n) is 10.4. The van der Waals surface area contributed by atoms with E-state index in [1.807, 2.05) is 34.9 Å². The van der Waals surface area contributed by atoms with Gasteiger partial charge in [0.15, 0.2) is 0 Å². The van der Waals surface area contributed by atoms with Gasteiger partial charge in [-0.2, -0.15) is 0 Å². The summed E-state index contributed by atoms with van der Waals surface area (Å²) in [5, 5.41) is 0.707. The monoisotopic (exact) mass is 261 g/mol. The van der Waals surface area contributed by atoms with Crippen LogP contribution in [-0.2, 0) is 13.0 Å². The van der Waals surface area contributed by atoms with Crippen molar-refractivity contribution in [2.24, 2.45) is 0 Å². The lowest BCUT2D eigenvalue weighted by Crippen LogP contribution is -2.05. The molecule has 0 atom stereocenters. The molecule has 4 heteroatoms. The summed E-state index contributed by atoms with van der Waals surface area (Å²) < 4.78 is 1.98. The van der Waals surface area contributed by atoms with Gasteiger partial charge in [0.25, 0.3) is 0 Å². The van der Waals surface area contributed by atoms with E-state index in [2.05, 4.69) is 18.5 Å². The number of hydrogen-bond acceptors (Lipinski definition) is 2. The molecule has 2 rings (SSSR count). The van der Waals surface area contributed by atoms with Gasteiger partial charge in [-0.05, 0) is 12.1 Å². The van der Waals surface area contributed by atoms with Crippen LogP contribution < -0.4 is 5.73 Å². The Morgan fingerprint density at radius 2 is 2.06 bits per heavy atom. The van der Waals surface area contributed by atoms with Gasteiger partial charge < -0.3 is 10.3 Å². The van der Waals surface area contributed by atoms with Gasteiger partial charge in [-0.1, -0.05) is 36.7 Å². The highest BCUT2D eigenvalue weighted by atomic mass is 35.5. The van der Waals surface area contributed by atoms with Crippen LogP contribution in [0.5, 0.6) is 0 Å². The van der Waals surface area contributed by atoms with Crippen LogP contribution in [0, 0.1) is 0 Å². The van der Waals surface area contributed by atoms with E-state index in [4.69, 9.17) is 17.3 Å². The summed E-state index contributed by atoms with van der Waals surface area (Å²) in [6, 6.07) is 7.54. The first kappa shape index (κ1) is 12.7. The zero-order chi connectivity index (χ0) is 13.1. The number of benzene rings is 1. The third kappa shape index (κ3) is 2.27. The van der Waals surface area contributed by atoms with E-state index >= 15 is 0 Å². The maximum absolute atomic E-state index is 6.16. The fraction of sp³-hybridized carbons (Fsp3) is 0.214. The SMILES string of the molecule is C=CCn1c(CC)nc(-c2ccc(Cl)cc2)c1N. The molecule has 0 unspecified atom stereocenters. The second kappa shape index (κ2) is 5.27. The number of anilines is 1. The smallest absolute Gasteiger partial charge is 0.132 e. The molecule has 2 N–H and O–H groups in total. The van der Waals surface area contributed by atoms with Crippen LogP contribution in [0.4, 0.5) is 5.82 Å². The number of imidazole rings is 1. The third-order valence-electron chi connectivity index (χ3n) is 2.83. The van der Waals surface area contributed by atoms with Gasteiger partial charge >= 0.3 is 0 Å². The number of allylic oxidation sites excluding steroid dienone is 1. The van der Waals surface area contributed by atoms with Crippen LogP contribution >= 0.6 is 11.6 Å². The van der Waals surface area contributed by atoms with Gasteiger partial charge in [-0.3, -0.25) is 0 Å². The molecular weight excluding hydrogens is 246 g/mol. The average molecular weight is 262 g/mol. The molecule has 18 heavy (non-hydrogen) atoms. The summed E-state index contributed by atoms with van der Waals surface area (Å²) >= 11 is 5.88. The van der Waals surface area contributed by atoms with Crippen LogP contribution in [0.1, 0.15) is 12.7 Å². The lowest BCUT2D eigenvalue weighted by atomic mass is 10.1. The lowest BCUT2D eigenvalue weighted by molar-refractivity contribution is 0.757. The Balaban J connectivity index is 2.51. The Morgan fingerprint density at radius 1 is 1.39 bits per heavy atom. The highest BCUT2D eigenvalue weighted by molar-refractivity contribution is 6.30. The number of rotatable bonds is 4. The number of nitrogen functional groups attached to an aromatic ring is 1. The Kier molecular flexibility index (Phi) is 3.72. The lowest BCUT2D eigenvalue weighted by Gasteiger charge is -2.05. The molecular formula is C14H16ClN3. The minimum absolute atomic E-state index is 0.675. The third-order valence-corrected chi connectivity index (χ3v) is 3.08. The van der Waals surface area contributed by atoms with Gasteiger partial charge in [0, 0.05) is 23.6 Å². The number of halogens is 1. The van der Waals surface area contributed by atoms with E-state index in [0.717, 1.165) is 23.5 Å². The van der Waals surface area contributed by atoms with Gasteiger partial charge in [0.1, 0.15) is 17.3 Å². The molecule has 0 radical (unpaired) electrons. The molecule has 0 spiro atoms. The largest absolute Gasteiger partial charge is 0.383 e. The normalized spacial score (nSPS) is 10.6. The van der Waals surface area contributed by atoms with Gasteiger partial charge in [0.2, 0.25) is 0 Å². The Morgan fingerprint density at radius 3 is 2.61 bits per heavy atom. The molecule has 3 nitrogen and oxygen atoms in total. The van der Waals surface area contributed by atoms with Gasteiger partial charge in [-0.15, -0.1) is 6.58 Å². The molecule has 0 bridgehead atoms. The van der Waals surface area contributed by atoms with Crippen LogP contribution in [0.25, 0.3) is 11.3 Å². The first-order chi connectivity index (χ1) is 8.67. The van der Waals surface area contributed by atoms with Crippen molar-refractivity contribution in [3.8, 4) is 11.3 Å². The molecule has 0 aliphatic carbocycles. The number of aryl methyl sites for hydroxylation is 1. The quantitative estimate of drug-likeness (QED) is 0.856. The van der Waals surface area contributed by atoms with Crippen molar-refractivity contribution in [2.45, 2.75) is 19.9 Å². The van der Waals surface area contributed by atoms with Crippen molar-refractivity contribution < 1.29 is 0 Å². The molecule has 0 saturated heterocycles. The molecule has 0 amide bonds. The van der Waals surface area contributed by atoms with Crippen molar-refractivity contribution in [1.82, 2.24) is 9.55 Å². The summed E-state index contributed by atoms with van der Waals surface area (Å²) in [6.07, 6.45) is 2.66. The van der Waals surface area contributed by atoms with E-state index in [1.54, 1.807) is 0 Å². The van der Waals surface area contributed by atoms with Crippen LogP contribution in [0.15, 0.2) is 36.9 Å². The van der Waals surface area contributed by atoms with Crippen LogP contribution in [0.2, 0.25) is 5.02 Å². The Bertz CT molecular complexity index is 555. The van der Waals surface area contributed by atoms with Crippen LogP contribution in [0.3, 0.4) is 0 Å². The number of aromatic nitrogens is 2. The Labute approximate surface area is 112 Å². The number of nitrogens with zero attached hydrogens (tertiary/aromatic N) is 2. The van der Waals surface area contributed by atoms with Crippen molar-refractivity contribution >= 4 is 17.4 Å². The van der Waals surface area contributed by atoms with Crippen molar-refractivity contribution in [3.05, 3.63) is 47.8 Å². The highest BCUT2D eigenvalue weighted by Gasteiger charge is 2.13. The van der Waals surface area contributed by atoms with E-state index in [0.29, 0.717) is 17.4 Å². The summed E-state index contributed by atoms with van der Waals surface area (Å²) in [5.41, 5.74) is 7.95. The second-order valence-corrected chi connectivity index (χ2v) is 4.46. The molecule has 0 saturated carbocycles. The number of nitrogens with two attached hydrogens (primary N) is 1. The number of hydrogen-bond donors (Lipinski definition) is 1. The molecule has 1 heterocycles. The zero-order valence-corrected chi connectivity index (χ0v) is 11.1. The predicted octanol–water partition coefficient (Wildman–Crippen LogP) is 3.53. The first-order valence-corrected chi connectivity index (χ1v) is 6.26. The van der Waals surface area contributed by atoms with Gasteiger partial charge in [0.05, 0.1) is 0 Å².